The number of carbonyl (C=O) groups is 1. The van der Waals surface area contributed by atoms with E-state index in [1.165, 1.54) is 5.56 Å². The lowest BCUT2D eigenvalue weighted by atomic mass is 10.1. The first-order valence-corrected chi connectivity index (χ1v) is 6.59. The van der Waals surface area contributed by atoms with Gasteiger partial charge in [-0.15, -0.1) is 0 Å². The molecule has 0 bridgehead atoms. The van der Waals surface area contributed by atoms with Crippen LogP contribution < -0.4 is 4.74 Å². The van der Waals surface area contributed by atoms with E-state index in [1.54, 1.807) is 0 Å². The molecule has 0 aliphatic heterocycles. The maximum atomic E-state index is 11.5. The van der Waals surface area contributed by atoms with Crippen LogP contribution in [0.25, 0.3) is 0 Å². The lowest BCUT2D eigenvalue weighted by molar-refractivity contribution is 0.0988. The SMILES string of the molecule is CCC(=O)c1ccc(OCCc2ccccc2)cc1. The van der Waals surface area contributed by atoms with Gasteiger partial charge in [-0.2, -0.15) is 0 Å². The van der Waals surface area contributed by atoms with Crippen LogP contribution in [-0.2, 0) is 6.42 Å². The predicted octanol–water partition coefficient (Wildman–Crippen LogP) is 3.90. The molecule has 0 amide bonds. The standard InChI is InChI=1S/C17H18O2/c1-2-17(18)15-8-10-16(11-9-15)19-13-12-14-6-4-3-5-7-14/h3-11H,2,12-13H2,1H3. The first-order valence-electron chi connectivity index (χ1n) is 6.59. The molecule has 0 N–H and O–H groups in total. The summed E-state index contributed by atoms with van der Waals surface area (Å²) in [6.45, 7) is 2.51. The van der Waals surface area contributed by atoms with Gasteiger partial charge in [-0.05, 0) is 29.8 Å². The summed E-state index contributed by atoms with van der Waals surface area (Å²) < 4.78 is 5.67. The topological polar surface area (TPSA) is 26.3 Å². The normalized spacial score (nSPS) is 10.2. The van der Waals surface area contributed by atoms with Crippen LogP contribution in [0.2, 0.25) is 0 Å². The van der Waals surface area contributed by atoms with Gasteiger partial charge in [-0.25, -0.2) is 0 Å². The third-order valence-electron chi connectivity index (χ3n) is 3.00. The fourth-order valence-corrected chi connectivity index (χ4v) is 1.87. The third kappa shape index (κ3) is 3.95. The molecule has 0 heterocycles. The molecule has 2 aromatic rings. The van der Waals surface area contributed by atoms with Crippen LogP contribution in [0.5, 0.6) is 5.75 Å². The van der Waals surface area contributed by atoms with E-state index in [1.807, 2.05) is 49.4 Å². The van der Waals surface area contributed by atoms with Crippen LogP contribution in [0.3, 0.4) is 0 Å². The maximum absolute atomic E-state index is 11.5. The quantitative estimate of drug-likeness (QED) is 0.731. The molecule has 0 radical (unpaired) electrons. The minimum Gasteiger partial charge on any atom is -0.493 e. The van der Waals surface area contributed by atoms with Gasteiger partial charge in [0, 0.05) is 18.4 Å². The van der Waals surface area contributed by atoms with Crippen molar-refractivity contribution in [2.45, 2.75) is 19.8 Å². The summed E-state index contributed by atoms with van der Waals surface area (Å²) in [6.07, 6.45) is 1.42. The number of hydrogen-bond donors (Lipinski definition) is 0. The summed E-state index contributed by atoms with van der Waals surface area (Å²) in [5.74, 6) is 0.972. The van der Waals surface area contributed by atoms with Crippen molar-refractivity contribution in [2.75, 3.05) is 6.61 Å². The molecule has 0 atom stereocenters. The molecule has 0 aromatic heterocycles. The average molecular weight is 254 g/mol. The number of rotatable bonds is 6. The monoisotopic (exact) mass is 254 g/mol. The molecular weight excluding hydrogens is 236 g/mol. The number of hydrogen-bond acceptors (Lipinski definition) is 2. The Labute approximate surface area is 114 Å². The van der Waals surface area contributed by atoms with Gasteiger partial charge < -0.3 is 4.74 Å². The second kappa shape index (κ2) is 6.74. The fourth-order valence-electron chi connectivity index (χ4n) is 1.87. The molecule has 98 valence electrons. The van der Waals surface area contributed by atoms with E-state index in [-0.39, 0.29) is 5.78 Å². The van der Waals surface area contributed by atoms with Crippen molar-refractivity contribution >= 4 is 5.78 Å². The van der Waals surface area contributed by atoms with Crippen LogP contribution in [0, 0.1) is 0 Å². The average Bonchev–Trinajstić information content (AvgIpc) is 2.48. The highest BCUT2D eigenvalue weighted by molar-refractivity contribution is 5.95. The lowest BCUT2D eigenvalue weighted by Gasteiger charge is -2.07. The smallest absolute Gasteiger partial charge is 0.162 e. The van der Waals surface area contributed by atoms with Crippen LogP contribution in [-0.4, -0.2) is 12.4 Å². The molecule has 2 aromatic carbocycles. The first-order chi connectivity index (χ1) is 9.29. The number of Topliss-reactive ketones (excluding diaryl/α,β-unsaturated/α-hetero) is 1. The van der Waals surface area contributed by atoms with Crippen LogP contribution in [0.15, 0.2) is 54.6 Å². The number of carbonyl (C=O) groups excluding carboxylic acids is 1. The molecule has 0 spiro atoms. The zero-order chi connectivity index (χ0) is 13.5. The molecule has 0 unspecified atom stereocenters. The summed E-state index contributed by atoms with van der Waals surface area (Å²) in [4.78, 5) is 11.5. The van der Waals surface area contributed by atoms with Gasteiger partial charge in [0.25, 0.3) is 0 Å². The third-order valence-corrected chi connectivity index (χ3v) is 3.00. The van der Waals surface area contributed by atoms with Crippen molar-refractivity contribution in [1.82, 2.24) is 0 Å². The molecule has 0 aliphatic rings. The Morgan fingerprint density at radius 3 is 2.32 bits per heavy atom. The Kier molecular flexibility index (Phi) is 4.73. The van der Waals surface area contributed by atoms with Gasteiger partial charge in [0.05, 0.1) is 6.61 Å². The second-order valence-corrected chi connectivity index (χ2v) is 4.39. The summed E-state index contributed by atoms with van der Waals surface area (Å²) in [7, 11) is 0. The Hall–Kier alpha value is -2.09. The fraction of sp³-hybridized carbons (Fsp3) is 0.235. The second-order valence-electron chi connectivity index (χ2n) is 4.39. The van der Waals surface area contributed by atoms with Gasteiger partial charge in [0.15, 0.2) is 5.78 Å². The van der Waals surface area contributed by atoms with E-state index in [0.29, 0.717) is 13.0 Å². The molecule has 2 nitrogen and oxygen atoms in total. The Morgan fingerprint density at radius 2 is 1.68 bits per heavy atom. The van der Waals surface area contributed by atoms with Crippen molar-refractivity contribution in [1.29, 1.82) is 0 Å². The molecule has 0 fully saturated rings. The summed E-state index contributed by atoms with van der Waals surface area (Å²) in [5, 5.41) is 0. The summed E-state index contributed by atoms with van der Waals surface area (Å²) >= 11 is 0. The lowest BCUT2D eigenvalue weighted by Crippen LogP contribution is -2.02. The van der Waals surface area contributed by atoms with E-state index in [4.69, 9.17) is 4.74 Å². The Morgan fingerprint density at radius 1 is 1.00 bits per heavy atom. The zero-order valence-electron chi connectivity index (χ0n) is 11.1. The van der Waals surface area contributed by atoms with Gasteiger partial charge in [-0.1, -0.05) is 37.3 Å². The highest BCUT2D eigenvalue weighted by Crippen LogP contribution is 2.14. The molecule has 0 aliphatic carbocycles. The van der Waals surface area contributed by atoms with E-state index in [2.05, 4.69) is 12.1 Å². The zero-order valence-corrected chi connectivity index (χ0v) is 11.1. The van der Waals surface area contributed by atoms with Crippen LogP contribution in [0.1, 0.15) is 29.3 Å². The van der Waals surface area contributed by atoms with Gasteiger partial charge >= 0.3 is 0 Å². The van der Waals surface area contributed by atoms with Crippen molar-refractivity contribution < 1.29 is 9.53 Å². The van der Waals surface area contributed by atoms with Gasteiger partial charge in [-0.3, -0.25) is 4.79 Å². The molecule has 0 saturated carbocycles. The molecule has 0 saturated heterocycles. The Balaban J connectivity index is 1.85. The minimum absolute atomic E-state index is 0.163. The van der Waals surface area contributed by atoms with E-state index < -0.39 is 0 Å². The first kappa shape index (κ1) is 13.3. The van der Waals surface area contributed by atoms with Crippen LogP contribution >= 0.6 is 0 Å². The highest BCUT2D eigenvalue weighted by Gasteiger charge is 2.02. The molecular formula is C17H18O2. The van der Waals surface area contributed by atoms with Crippen molar-refractivity contribution in [3.8, 4) is 5.75 Å². The van der Waals surface area contributed by atoms with Gasteiger partial charge in [0.2, 0.25) is 0 Å². The summed E-state index contributed by atoms with van der Waals surface area (Å²) in [6, 6.07) is 17.6. The summed E-state index contributed by atoms with van der Waals surface area (Å²) in [5.41, 5.74) is 2.01. The van der Waals surface area contributed by atoms with E-state index >= 15 is 0 Å². The molecule has 2 heteroatoms. The molecule has 2 rings (SSSR count). The van der Waals surface area contributed by atoms with E-state index in [0.717, 1.165) is 17.7 Å². The highest BCUT2D eigenvalue weighted by atomic mass is 16.5. The molecule has 19 heavy (non-hydrogen) atoms. The maximum Gasteiger partial charge on any atom is 0.162 e. The Bertz CT molecular complexity index is 515. The van der Waals surface area contributed by atoms with Crippen LogP contribution in [0.4, 0.5) is 0 Å². The van der Waals surface area contributed by atoms with Gasteiger partial charge in [0.1, 0.15) is 5.75 Å². The van der Waals surface area contributed by atoms with Crippen molar-refractivity contribution in [2.24, 2.45) is 0 Å². The predicted molar refractivity (Wildman–Crippen MR) is 76.7 cm³/mol. The van der Waals surface area contributed by atoms with Crippen molar-refractivity contribution in [3.63, 3.8) is 0 Å². The van der Waals surface area contributed by atoms with E-state index in [9.17, 15) is 4.79 Å². The number of ether oxygens (including phenoxy) is 1. The number of benzene rings is 2. The minimum atomic E-state index is 0.163. The largest absolute Gasteiger partial charge is 0.493 e. The number of ketones is 1. The van der Waals surface area contributed by atoms with Crippen molar-refractivity contribution in [3.05, 3.63) is 65.7 Å².